The van der Waals surface area contributed by atoms with Crippen molar-refractivity contribution in [2.24, 2.45) is 0 Å². The number of nitrogens with one attached hydrogen (secondary N) is 1. The first-order valence-corrected chi connectivity index (χ1v) is 5.65. The molecule has 0 bridgehead atoms. The number of hydrogen-bond donors (Lipinski definition) is 1. The highest BCUT2D eigenvalue weighted by molar-refractivity contribution is 6.54. The van der Waals surface area contributed by atoms with Gasteiger partial charge in [0.25, 0.3) is 0 Å². The van der Waals surface area contributed by atoms with Crippen molar-refractivity contribution in [3.63, 3.8) is 0 Å². The summed E-state index contributed by atoms with van der Waals surface area (Å²) in [6.45, 7) is 17.2. The van der Waals surface area contributed by atoms with Crippen LogP contribution in [0.4, 0.5) is 0 Å². The highest BCUT2D eigenvalue weighted by Gasteiger charge is 2.51. The molecule has 0 amide bonds. The second kappa shape index (κ2) is 4.74. The van der Waals surface area contributed by atoms with Gasteiger partial charge in [0.15, 0.2) is 0 Å². The van der Waals surface area contributed by atoms with Gasteiger partial charge in [0.2, 0.25) is 0 Å². The molecule has 0 saturated carbocycles. The summed E-state index contributed by atoms with van der Waals surface area (Å²) in [6, 6.07) is 0. The lowest BCUT2D eigenvalue weighted by atomic mass is 9.79. The summed E-state index contributed by atoms with van der Waals surface area (Å²) in [5.41, 5.74) is 0.332. The molecule has 1 aliphatic rings. The predicted octanol–water partition coefficient (Wildman–Crippen LogP) is 1.95. The topological polar surface area (TPSA) is 30.5 Å². The maximum Gasteiger partial charge on any atom is 0.491 e. The van der Waals surface area contributed by atoms with E-state index in [-0.39, 0.29) is 18.3 Å². The van der Waals surface area contributed by atoms with Gasteiger partial charge in [-0.15, -0.1) is 13.2 Å². The molecule has 0 aliphatic carbocycles. The molecular formula is C12H22BNO2. The van der Waals surface area contributed by atoms with Crippen molar-refractivity contribution in [1.29, 1.82) is 0 Å². The first-order chi connectivity index (χ1) is 7.30. The lowest BCUT2D eigenvalue weighted by molar-refractivity contribution is 0.00578. The van der Waals surface area contributed by atoms with Crippen molar-refractivity contribution in [3.05, 3.63) is 24.7 Å². The molecule has 0 aromatic rings. The zero-order valence-corrected chi connectivity index (χ0v) is 10.8. The van der Waals surface area contributed by atoms with Crippen LogP contribution in [-0.4, -0.2) is 31.4 Å². The summed E-state index contributed by atoms with van der Waals surface area (Å²) in [5.74, 6) is 0. The molecule has 4 heteroatoms. The quantitative estimate of drug-likeness (QED) is 0.439. The van der Waals surface area contributed by atoms with Gasteiger partial charge >= 0.3 is 7.12 Å². The third kappa shape index (κ3) is 2.76. The Kier molecular flexibility index (Phi) is 3.99. The summed E-state index contributed by atoms with van der Waals surface area (Å²) >= 11 is 0. The van der Waals surface area contributed by atoms with Crippen molar-refractivity contribution in [3.8, 4) is 0 Å². The second-order valence-electron chi connectivity index (χ2n) is 5.17. The van der Waals surface area contributed by atoms with E-state index in [1.54, 1.807) is 0 Å². The molecule has 1 rings (SSSR count). The minimum atomic E-state index is -0.317. The summed E-state index contributed by atoms with van der Waals surface area (Å²) < 4.78 is 11.7. The molecule has 1 heterocycles. The van der Waals surface area contributed by atoms with Gasteiger partial charge in [0, 0.05) is 13.1 Å². The van der Waals surface area contributed by atoms with Crippen LogP contribution in [0.15, 0.2) is 24.7 Å². The Hall–Kier alpha value is -0.575. The van der Waals surface area contributed by atoms with Crippen LogP contribution in [0.1, 0.15) is 27.7 Å². The lowest BCUT2D eigenvalue weighted by Crippen LogP contribution is -2.41. The molecule has 1 fully saturated rings. The van der Waals surface area contributed by atoms with E-state index >= 15 is 0 Å². The maximum absolute atomic E-state index is 5.87. The molecule has 0 aromatic heterocycles. The van der Waals surface area contributed by atoms with E-state index in [1.807, 2.05) is 33.8 Å². The molecular weight excluding hydrogens is 201 g/mol. The van der Waals surface area contributed by atoms with Gasteiger partial charge in [-0.1, -0.05) is 6.08 Å². The largest absolute Gasteiger partial charge is 0.491 e. The van der Waals surface area contributed by atoms with Gasteiger partial charge < -0.3 is 14.6 Å². The SMILES string of the molecule is C=CCNCC(=C)B1OC(C)(C)C(C)(C)O1. The van der Waals surface area contributed by atoms with Crippen molar-refractivity contribution in [1.82, 2.24) is 5.32 Å². The van der Waals surface area contributed by atoms with Crippen LogP contribution < -0.4 is 5.32 Å². The number of hydrogen-bond acceptors (Lipinski definition) is 3. The normalized spacial score (nSPS) is 22.1. The molecule has 1 aliphatic heterocycles. The third-order valence-corrected chi connectivity index (χ3v) is 3.23. The first kappa shape index (κ1) is 13.5. The molecule has 16 heavy (non-hydrogen) atoms. The summed E-state index contributed by atoms with van der Waals surface area (Å²) in [5, 5.41) is 3.19. The third-order valence-electron chi connectivity index (χ3n) is 3.23. The highest BCUT2D eigenvalue weighted by atomic mass is 16.7. The van der Waals surface area contributed by atoms with Crippen LogP contribution in [0.3, 0.4) is 0 Å². The second-order valence-corrected chi connectivity index (χ2v) is 5.17. The first-order valence-electron chi connectivity index (χ1n) is 5.65. The smallest absolute Gasteiger partial charge is 0.400 e. The van der Waals surface area contributed by atoms with Crippen LogP contribution >= 0.6 is 0 Å². The van der Waals surface area contributed by atoms with E-state index in [0.717, 1.165) is 12.0 Å². The molecule has 0 unspecified atom stereocenters. The van der Waals surface area contributed by atoms with Gasteiger partial charge in [-0.25, -0.2) is 0 Å². The fourth-order valence-corrected chi connectivity index (χ4v) is 1.43. The Morgan fingerprint density at radius 2 is 1.75 bits per heavy atom. The Morgan fingerprint density at radius 1 is 1.25 bits per heavy atom. The lowest BCUT2D eigenvalue weighted by Gasteiger charge is -2.32. The molecule has 1 saturated heterocycles. The van der Waals surface area contributed by atoms with E-state index in [9.17, 15) is 0 Å². The van der Waals surface area contributed by atoms with E-state index in [2.05, 4.69) is 18.5 Å². The van der Waals surface area contributed by atoms with Crippen molar-refractivity contribution >= 4 is 7.12 Å². The highest BCUT2D eigenvalue weighted by Crippen LogP contribution is 2.38. The molecule has 0 atom stereocenters. The predicted molar refractivity (Wildman–Crippen MR) is 68.3 cm³/mol. The maximum atomic E-state index is 5.87. The van der Waals surface area contributed by atoms with Crippen LogP contribution in [0.2, 0.25) is 0 Å². The Bertz CT molecular complexity index is 271. The van der Waals surface area contributed by atoms with Crippen molar-refractivity contribution in [2.45, 2.75) is 38.9 Å². The fraction of sp³-hybridized carbons (Fsp3) is 0.667. The van der Waals surface area contributed by atoms with E-state index in [0.29, 0.717) is 6.54 Å². The standard InChI is InChI=1S/C12H22BNO2/c1-7-8-14-9-10(2)13-15-11(3,4)12(5,6)16-13/h7,14H,1-2,8-9H2,3-6H3. The van der Waals surface area contributed by atoms with Crippen LogP contribution in [0, 0.1) is 0 Å². The Balaban J connectivity index is 2.52. The minimum Gasteiger partial charge on any atom is -0.400 e. The van der Waals surface area contributed by atoms with Crippen LogP contribution in [0.25, 0.3) is 0 Å². The Morgan fingerprint density at radius 3 is 2.19 bits per heavy atom. The summed E-state index contributed by atoms with van der Waals surface area (Å²) in [6.07, 6.45) is 1.82. The van der Waals surface area contributed by atoms with Gasteiger partial charge in [-0.05, 0) is 33.2 Å². The van der Waals surface area contributed by atoms with Crippen LogP contribution in [-0.2, 0) is 9.31 Å². The van der Waals surface area contributed by atoms with Gasteiger partial charge in [-0.3, -0.25) is 0 Å². The molecule has 0 aromatic carbocycles. The monoisotopic (exact) mass is 223 g/mol. The van der Waals surface area contributed by atoms with E-state index in [4.69, 9.17) is 9.31 Å². The molecule has 1 N–H and O–H groups in total. The van der Waals surface area contributed by atoms with E-state index in [1.165, 1.54) is 0 Å². The van der Waals surface area contributed by atoms with Gasteiger partial charge in [0.05, 0.1) is 11.2 Å². The van der Waals surface area contributed by atoms with Crippen molar-refractivity contribution < 1.29 is 9.31 Å². The molecule has 90 valence electrons. The molecule has 0 radical (unpaired) electrons. The average Bonchev–Trinajstić information content (AvgIpc) is 2.36. The minimum absolute atomic E-state index is 0.293. The Labute approximate surface area is 99.0 Å². The fourth-order valence-electron chi connectivity index (χ4n) is 1.43. The van der Waals surface area contributed by atoms with Gasteiger partial charge in [-0.2, -0.15) is 0 Å². The van der Waals surface area contributed by atoms with Crippen molar-refractivity contribution in [2.75, 3.05) is 13.1 Å². The zero-order valence-electron chi connectivity index (χ0n) is 10.8. The summed E-state index contributed by atoms with van der Waals surface area (Å²) in [7, 11) is -0.317. The average molecular weight is 223 g/mol. The van der Waals surface area contributed by atoms with Crippen LogP contribution in [0.5, 0.6) is 0 Å². The number of rotatable bonds is 5. The zero-order chi connectivity index (χ0) is 12.4. The summed E-state index contributed by atoms with van der Waals surface area (Å²) in [4.78, 5) is 0. The molecule has 0 spiro atoms. The van der Waals surface area contributed by atoms with Gasteiger partial charge in [0.1, 0.15) is 0 Å². The molecule has 3 nitrogen and oxygen atoms in total. The van der Waals surface area contributed by atoms with E-state index < -0.39 is 0 Å².